The third kappa shape index (κ3) is 3.70. The third-order valence-corrected chi connectivity index (χ3v) is 4.45. The molecule has 3 heterocycles. The molecule has 3 aromatic rings. The fourth-order valence-electron chi connectivity index (χ4n) is 3.18. The van der Waals surface area contributed by atoms with Gasteiger partial charge >= 0.3 is 0 Å². The number of unbranched alkanes of at least 4 members (excludes halogenated alkanes) is 2. The smallest absolute Gasteiger partial charge is 0.235 e. The van der Waals surface area contributed by atoms with Crippen molar-refractivity contribution in [2.75, 3.05) is 0 Å². The van der Waals surface area contributed by atoms with Gasteiger partial charge in [0.05, 0.1) is 17.7 Å². The first-order valence-corrected chi connectivity index (χ1v) is 8.81. The highest BCUT2D eigenvalue weighted by molar-refractivity contribution is 5.67. The molecule has 0 saturated carbocycles. The number of hydrogen-bond donors (Lipinski definition) is 3. The predicted molar refractivity (Wildman–Crippen MR) is 95.4 cm³/mol. The topological polar surface area (TPSA) is 91.9 Å². The molecule has 134 valence electrons. The summed E-state index contributed by atoms with van der Waals surface area (Å²) in [5.41, 5.74) is 2.43. The van der Waals surface area contributed by atoms with E-state index in [1.807, 2.05) is 16.8 Å². The molecule has 0 radical (unpaired) electrons. The van der Waals surface area contributed by atoms with Gasteiger partial charge in [0.15, 0.2) is 5.75 Å². The summed E-state index contributed by atoms with van der Waals surface area (Å²) in [6.45, 7) is 3.54. The summed E-state index contributed by atoms with van der Waals surface area (Å²) in [6.07, 6.45) is 11.8. The van der Waals surface area contributed by atoms with Crippen molar-refractivity contribution < 1.29 is 10.2 Å². The number of nitrogens with one attached hydrogen (secondary N) is 1. The van der Waals surface area contributed by atoms with Gasteiger partial charge in [0.2, 0.25) is 5.88 Å². The van der Waals surface area contributed by atoms with Crippen molar-refractivity contribution in [3.05, 3.63) is 36.5 Å². The molecular weight excluding hydrogens is 318 g/mol. The van der Waals surface area contributed by atoms with Gasteiger partial charge in [-0.05, 0) is 25.3 Å². The molecular formula is C18H25N5O2. The van der Waals surface area contributed by atoms with Crippen LogP contribution in [0.1, 0.15) is 38.2 Å². The van der Waals surface area contributed by atoms with E-state index >= 15 is 0 Å². The molecule has 0 spiro atoms. The zero-order chi connectivity index (χ0) is 17.6. The van der Waals surface area contributed by atoms with Crippen LogP contribution < -0.4 is 0 Å². The first-order valence-electron chi connectivity index (χ1n) is 8.81. The molecule has 7 heteroatoms. The van der Waals surface area contributed by atoms with Crippen molar-refractivity contribution in [2.24, 2.45) is 0 Å². The summed E-state index contributed by atoms with van der Waals surface area (Å²) in [4.78, 5) is 4.04. The van der Waals surface area contributed by atoms with Crippen molar-refractivity contribution in [1.29, 1.82) is 0 Å². The first kappa shape index (κ1) is 17.1. The molecule has 0 atom stereocenters. The second-order valence-electron chi connectivity index (χ2n) is 6.23. The second kappa shape index (κ2) is 7.92. The van der Waals surface area contributed by atoms with Crippen LogP contribution >= 0.6 is 0 Å². The average Bonchev–Trinajstić information content (AvgIpc) is 3.34. The van der Waals surface area contributed by atoms with E-state index in [1.54, 1.807) is 23.3 Å². The quantitative estimate of drug-likeness (QED) is 0.520. The van der Waals surface area contributed by atoms with Crippen molar-refractivity contribution >= 4 is 0 Å². The lowest BCUT2D eigenvalue weighted by atomic mass is 10.1. The van der Waals surface area contributed by atoms with Gasteiger partial charge in [0.1, 0.15) is 0 Å². The van der Waals surface area contributed by atoms with Crippen molar-refractivity contribution in [2.45, 2.75) is 52.1 Å². The van der Waals surface area contributed by atoms with E-state index in [4.69, 9.17) is 0 Å². The number of aromatic hydroxyl groups is 2. The SMILES string of the molecule is CCCCCc1c(O)c(O)n(CCCn2ccnc2)c1-c1ccn[nH]1. The molecule has 0 fully saturated rings. The number of H-pyrrole nitrogens is 1. The van der Waals surface area contributed by atoms with E-state index in [0.29, 0.717) is 6.54 Å². The Labute approximate surface area is 147 Å². The Kier molecular flexibility index (Phi) is 5.42. The summed E-state index contributed by atoms with van der Waals surface area (Å²) in [5.74, 6) is -0.0786. The molecule has 0 saturated heterocycles. The fourth-order valence-corrected chi connectivity index (χ4v) is 3.18. The van der Waals surface area contributed by atoms with Gasteiger partial charge in [-0.2, -0.15) is 5.10 Å². The molecule has 25 heavy (non-hydrogen) atoms. The zero-order valence-corrected chi connectivity index (χ0v) is 14.5. The molecule has 3 aromatic heterocycles. The summed E-state index contributed by atoms with van der Waals surface area (Å²) in [5, 5.41) is 27.9. The van der Waals surface area contributed by atoms with Crippen LogP contribution in [0.3, 0.4) is 0 Å². The summed E-state index contributed by atoms with van der Waals surface area (Å²) >= 11 is 0. The number of hydrogen-bond acceptors (Lipinski definition) is 4. The molecule has 0 bridgehead atoms. The van der Waals surface area contributed by atoms with Gasteiger partial charge in [0.25, 0.3) is 0 Å². The third-order valence-electron chi connectivity index (χ3n) is 4.45. The van der Waals surface area contributed by atoms with Crippen molar-refractivity contribution in [3.8, 4) is 23.0 Å². The minimum absolute atomic E-state index is 0.0108. The Bertz CT molecular complexity index is 775. The molecule has 0 aliphatic rings. The lowest BCUT2D eigenvalue weighted by molar-refractivity contribution is 0.367. The van der Waals surface area contributed by atoms with E-state index in [9.17, 15) is 10.2 Å². The lowest BCUT2D eigenvalue weighted by Gasteiger charge is -2.11. The van der Waals surface area contributed by atoms with Crippen LogP contribution in [0.5, 0.6) is 11.6 Å². The molecule has 0 unspecified atom stereocenters. The molecule has 7 nitrogen and oxygen atoms in total. The zero-order valence-electron chi connectivity index (χ0n) is 14.5. The lowest BCUT2D eigenvalue weighted by Crippen LogP contribution is -2.05. The predicted octanol–water partition coefficient (Wildman–Crippen LogP) is 3.31. The van der Waals surface area contributed by atoms with Gasteiger partial charge < -0.3 is 19.3 Å². The monoisotopic (exact) mass is 343 g/mol. The molecule has 0 amide bonds. The number of nitrogens with zero attached hydrogens (tertiary/aromatic N) is 4. The summed E-state index contributed by atoms with van der Waals surface area (Å²) in [7, 11) is 0. The van der Waals surface area contributed by atoms with Gasteiger partial charge in [-0.15, -0.1) is 0 Å². The molecule has 3 rings (SSSR count). The first-order chi connectivity index (χ1) is 12.2. The van der Waals surface area contributed by atoms with E-state index < -0.39 is 0 Å². The number of rotatable bonds is 9. The maximum absolute atomic E-state index is 10.5. The Morgan fingerprint density at radius 2 is 2.00 bits per heavy atom. The Hall–Kier alpha value is -2.70. The van der Waals surface area contributed by atoms with Crippen LogP contribution in [0.2, 0.25) is 0 Å². The number of aromatic nitrogens is 5. The van der Waals surface area contributed by atoms with Crippen LogP contribution in [0.25, 0.3) is 11.4 Å². The average molecular weight is 343 g/mol. The normalized spacial score (nSPS) is 11.2. The second-order valence-corrected chi connectivity index (χ2v) is 6.23. The van der Waals surface area contributed by atoms with Gasteiger partial charge in [-0.3, -0.25) is 5.10 Å². The van der Waals surface area contributed by atoms with E-state index in [0.717, 1.165) is 55.6 Å². The summed E-state index contributed by atoms with van der Waals surface area (Å²) in [6, 6.07) is 1.86. The van der Waals surface area contributed by atoms with Crippen LogP contribution in [-0.2, 0) is 19.5 Å². The van der Waals surface area contributed by atoms with Crippen LogP contribution in [0, 0.1) is 0 Å². The fraction of sp³-hybridized carbons (Fsp3) is 0.444. The van der Waals surface area contributed by atoms with Gasteiger partial charge in [-0.1, -0.05) is 19.8 Å². The largest absolute Gasteiger partial charge is 0.503 e. The highest BCUT2D eigenvalue weighted by atomic mass is 16.3. The Morgan fingerprint density at radius 1 is 1.12 bits per heavy atom. The molecule has 0 aliphatic carbocycles. The maximum atomic E-state index is 10.5. The van der Waals surface area contributed by atoms with Crippen LogP contribution in [-0.4, -0.2) is 34.5 Å². The molecule has 0 aromatic carbocycles. The number of imidazole rings is 1. The highest BCUT2D eigenvalue weighted by Gasteiger charge is 2.23. The molecule has 3 N–H and O–H groups in total. The summed E-state index contributed by atoms with van der Waals surface area (Å²) < 4.78 is 3.78. The Morgan fingerprint density at radius 3 is 2.68 bits per heavy atom. The van der Waals surface area contributed by atoms with E-state index in [2.05, 4.69) is 22.1 Å². The molecule has 0 aliphatic heterocycles. The van der Waals surface area contributed by atoms with Crippen LogP contribution in [0.15, 0.2) is 31.0 Å². The highest BCUT2D eigenvalue weighted by Crippen LogP contribution is 2.41. The van der Waals surface area contributed by atoms with Gasteiger partial charge in [-0.25, -0.2) is 4.98 Å². The van der Waals surface area contributed by atoms with E-state index in [-0.39, 0.29) is 11.6 Å². The number of aromatic amines is 1. The Balaban J connectivity index is 1.85. The van der Waals surface area contributed by atoms with Gasteiger partial charge in [0, 0.05) is 37.2 Å². The van der Waals surface area contributed by atoms with E-state index in [1.165, 1.54) is 0 Å². The van der Waals surface area contributed by atoms with Crippen LogP contribution in [0.4, 0.5) is 0 Å². The maximum Gasteiger partial charge on any atom is 0.235 e. The number of aryl methyl sites for hydroxylation is 1. The van der Waals surface area contributed by atoms with Crippen molar-refractivity contribution in [3.63, 3.8) is 0 Å². The minimum Gasteiger partial charge on any atom is -0.503 e. The minimum atomic E-state index is -0.0678. The standard InChI is InChI=1S/C18H25N5O2/c1-2-3-4-6-14-16(15-7-8-20-21-15)23(18(25)17(14)24)11-5-10-22-12-9-19-13-22/h7-9,12-13,24-25H,2-6,10-11H2,1H3,(H,20,21). The van der Waals surface area contributed by atoms with Crippen molar-refractivity contribution in [1.82, 2.24) is 24.3 Å².